The van der Waals surface area contributed by atoms with Crippen molar-refractivity contribution in [1.29, 1.82) is 0 Å². The van der Waals surface area contributed by atoms with Crippen LogP contribution in [0.2, 0.25) is 0 Å². The van der Waals surface area contributed by atoms with Gasteiger partial charge in [-0.25, -0.2) is 4.98 Å². The van der Waals surface area contributed by atoms with Crippen molar-refractivity contribution in [2.24, 2.45) is 0 Å². The molecule has 0 N–H and O–H groups in total. The van der Waals surface area contributed by atoms with E-state index in [0.29, 0.717) is 6.04 Å². The second-order valence-electron chi connectivity index (χ2n) is 8.37. The van der Waals surface area contributed by atoms with E-state index in [-0.39, 0.29) is 5.91 Å². The molecule has 0 unspecified atom stereocenters. The molecule has 29 heavy (non-hydrogen) atoms. The SMILES string of the molecule is CN1CCC(N(CCc2ccccc2)C(=O)c2ccnc(N3CCCC3)c2)CC1. The predicted molar refractivity (Wildman–Crippen MR) is 117 cm³/mol. The Morgan fingerprint density at radius 2 is 1.79 bits per heavy atom. The number of carbonyl (C=O) groups excluding carboxylic acids is 1. The zero-order valence-corrected chi connectivity index (χ0v) is 17.5. The molecule has 0 aliphatic carbocycles. The van der Waals surface area contributed by atoms with Gasteiger partial charge in [-0.3, -0.25) is 4.79 Å². The average Bonchev–Trinajstić information content (AvgIpc) is 3.31. The molecule has 3 heterocycles. The smallest absolute Gasteiger partial charge is 0.254 e. The van der Waals surface area contributed by atoms with Gasteiger partial charge in [0.2, 0.25) is 0 Å². The van der Waals surface area contributed by atoms with Crippen molar-refractivity contribution in [2.75, 3.05) is 44.7 Å². The summed E-state index contributed by atoms with van der Waals surface area (Å²) in [6.07, 6.45) is 7.19. The van der Waals surface area contributed by atoms with Crippen molar-refractivity contribution in [2.45, 2.75) is 38.1 Å². The van der Waals surface area contributed by atoms with Gasteiger partial charge in [-0.2, -0.15) is 0 Å². The lowest BCUT2D eigenvalue weighted by atomic mass is 10.0. The van der Waals surface area contributed by atoms with Gasteiger partial charge in [-0.05, 0) is 69.9 Å². The van der Waals surface area contributed by atoms with Gasteiger partial charge in [0.05, 0.1) is 0 Å². The number of hydrogen-bond donors (Lipinski definition) is 0. The summed E-state index contributed by atoms with van der Waals surface area (Å²) in [4.78, 5) is 24.9. The molecule has 2 aromatic rings. The zero-order chi connectivity index (χ0) is 20.1. The molecule has 0 saturated carbocycles. The molecule has 1 aromatic heterocycles. The van der Waals surface area contributed by atoms with Crippen molar-refractivity contribution in [3.8, 4) is 0 Å². The minimum Gasteiger partial charge on any atom is -0.357 e. The number of carbonyl (C=O) groups is 1. The molecule has 0 atom stereocenters. The summed E-state index contributed by atoms with van der Waals surface area (Å²) in [6.45, 7) is 4.94. The highest BCUT2D eigenvalue weighted by Crippen LogP contribution is 2.22. The molecule has 1 amide bonds. The highest BCUT2D eigenvalue weighted by Gasteiger charge is 2.28. The van der Waals surface area contributed by atoms with Crippen LogP contribution in [0.5, 0.6) is 0 Å². The van der Waals surface area contributed by atoms with E-state index in [1.54, 1.807) is 6.20 Å². The maximum absolute atomic E-state index is 13.6. The fourth-order valence-electron chi connectivity index (χ4n) is 4.49. The van der Waals surface area contributed by atoms with Crippen LogP contribution < -0.4 is 4.90 Å². The molecule has 5 heteroatoms. The van der Waals surface area contributed by atoms with Crippen molar-refractivity contribution in [3.05, 3.63) is 59.8 Å². The number of aromatic nitrogens is 1. The Balaban J connectivity index is 1.52. The third-order valence-electron chi connectivity index (χ3n) is 6.30. The predicted octanol–water partition coefficient (Wildman–Crippen LogP) is 3.46. The van der Waals surface area contributed by atoms with Gasteiger partial charge in [0.25, 0.3) is 5.91 Å². The standard InChI is InChI=1S/C24H32N4O/c1-26-16-11-22(12-17-26)28(18-10-20-7-3-2-4-8-20)24(29)21-9-13-25-23(19-21)27-14-5-6-15-27/h2-4,7-9,13,19,22H,5-6,10-12,14-18H2,1H3. The summed E-state index contributed by atoms with van der Waals surface area (Å²) in [6, 6.07) is 14.7. The molecular weight excluding hydrogens is 360 g/mol. The fourth-order valence-corrected chi connectivity index (χ4v) is 4.49. The van der Waals surface area contributed by atoms with Crippen LogP contribution in [0.3, 0.4) is 0 Å². The second kappa shape index (κ2) is 9.40. The molecule has 0 spiro atoms. The summed E-state index contributed by atoms with van der Waals surface area (Å²) in [5.74, 6) is 1.10. The highest BCUT2D eigenvalue weighted by molar-refractivity contribution is 5.95. The number of amides is 1. The van der Waals surface area contributed by atoms with Crippen LogP contribution >= 0.6 is 0 Å². The van der Waals surface area contributed by atoms with E-state index in [1.807, 2.05) is 18.2 Å². The van der Waals surface area contributed by atoms with Crippen molar-refractivity contribution in [3.63, 3.8) is 0 Å². The molecule has 0 bridgehead atoms. The van der Waals surface area contributed by atoms with E-state index in [4.69, 9.17) is 0 Å². The van der Waals surface area contributed by atoms with Crippen molar-refractivity contribution < 1.29 is 4.79 Å². The number of likely N-dealkylation sites (tertiary alicyclic amines) is 1. The average molecular weight is 393 g/mol. The Labute approximate surface area is 174 Å². The van der Waals surface area contributed by atoms with Crippen LogP contribution in [0.4, 0.5) is 5.82 Å². The largest absolute Gasteiger partial charge is 0.357 e. The van der Waals surface area contributed by atoms with E-state index in [9.17, 15) is 4.79 Å². The monoisotopic (exact) mass is 392 g/mol. The van der Waals surface area contributed by atoms with Gasteiger partial charge in [-0.15, -0.1) is 0 Å². The molecule has 1 aromatic carbocycles. The molecule has 2 saturated heterocycles. The van der Waals surface area contributed by atoms with Gasteiger partial charge in [0.15, 0.2) is 0 Å². The van der Waals surface area contributed by atoms with Gasteiger partial charge >= 0.3 is 0 Å². The van der Waals surface area contributed by atoms with Crippen LogP contribution in [0.15, 0.2) is 48.7 Å². The number of pyridine rings is 1. The first kappa shape index (κ1) is 19.9. The number of piperidine rings is 1. The van der Waals surface area contributed by atoms with E-state index in [0.717, 1.165) is 63.4 Å². The van der Waals surface area contributed by atoms with Crippen LogP contribution in [0.25, 0.3) is 0 Å². The van der Waals surface area contributed by atoms with E-state index >= 15 is 0 Å². The van der Waals surface area contributed by atoms with Gasteiger partial charge in [0.1, 0.15) is 5.82 Å². The summed E-state index contributed by atoms with van der Waals surface area (Å²) in [5.41, 5.74) is 2.06. The lowest BCUT2D eigenvalue weighted by Crippen LogP contribution is -2.47. The minimum atomic E-state index is 0.151. The Hall–Kier alpha value is -2.40. The van der Waals surface area contributed by atoms with Crippen molar-refractivity contribution in [1.82, 2.24) is 14.8 Å². The first-order valence-electron chi connectivity index (χ1n) is 10.9. The Bertz CT molecular complexity index is 796. The molecule has 2 fully saturated rings. The molecule has 154 valence electrons. The van der Waals surface area contributed by atoms with Crippen LogP contribution in [-0.2, 0) is 6.42 Å². The fraction of sp³-hybridized carbons (Fsp3) is 0.500. The Morgan fingerprint density at radius 3 is 2.52 bits per heavy atom. The maximum Gasteiger partial charge on any atom is 0.254 e. The second-order valence-corrected chi connectivity index (χ2v) is 8.37. The minimum absolute atomic E-state index is 0.151. The first-order chi connectivity index (χ1) is 14.2. The van der Waals surface area contributed by atoms with Gasteiger partial charge in [0, 0.05) is 37.4 Å². The number of anilines is 1. The summed E-state index contributed by atoms with van der Waals surface area (Å²) in [5, 5.41) is 0. The molecule has 4 rings (SSSR count). The third kappa shape index (κ3) is 4.96. The molecule has 2 aliphatic heterocycles. The van der Waals surface area contributed by atoms with Crippen LogP contribution in [0.1, 0.15) is 41.6 Å². The van der Waals surface area contributed by atoms with E-state index in [2.05, 4.69) is 51.0 Å². The summed E-state index contributed by atoms with van der Waals surface area (Å²) < 4.78 is 0. The molecule has 0 radical (unpaired) electrons. The number of benzene rings is 1. The quantitative estimate of drug-likeness (QED) is 0.755. The summed E-state index contributed by atoms with van der Waals surface area (Å²) in [7, 11) is 2.16. The molecule has 2 aliphatic rings. The van der Waals surface area contributed by atoms with Gasteiger partial charge < -0.3 is 14.7 Å². The Kier molecular flexibility index (Phi) is 6.45. The zero-order valence-electron chi connectivity index (χ0n) is 17.5. The number of hydrogen-bond acceptors (Lipinski definition) is 4. The first-order valence-corrected chi connectivity index (χ1v) is 10.9. The third-order valence-corrected chi connectivity index (χ3v) is 6.30. The lowest BCUT2D eigenvalue weighted by Gasteiger charge is -2.37. The van der Waals surface area contributed by atoms with Crippen LogP contribution in [0, 0.1) is 0 Å². The topological polar surface area (TPSA) is 39.7 Å². The van der Waals surface area contributed by atoms with E-state index < -0.39 is 0 Å². The van der Waals surface area contributed by atoms with Crippen molar-refractivity contribution >= 4 is 11.7 Å². The van der Waals surface area contributed by atoms with Gasteiger partial charge in [-0.1, -0.05) is 30.3 Å². The molecule has 5 nitrogen and oxygen atoms in total. The van der Waals surface area contributed by atoms with Crippen LogP contribution in [-0.4, -0.2) is 66.5 Å². The Morgan fingerprint density at radius 1 is 1.07 bits per heavy atom. The van der Waals surface area contributed by atoms with E-state index in [1.165, 1.54) is 18.4 Å². The number of rotatable bonds is 6. The lowest BCUT2D eigenvalue weighted by molar-refractivity contribution is 0.0594. The highest BCUT2D eigenvalue weighted by atomic mass is 16.2. The number of nitrogens with zero attached hydrogens (tertiary/aromatic N) is 4. The summed E-state index contributed by atoms with van der Waals surface area (Å²) >= 11 is 0. The molecular formula is C24H32N4O. The normalized spacial score (nSPS) is 18.2. The maximum atomic E-state index is 13.6.